The van der Waals surface area contributed by atoms with Crippen LogP contribution in [0.1, 0.15) is 37.3 Å². The van der Waals surface area contributed by atoms with E-state index in [1.165, 1.54) is 30.4 Å². The molecular weight excluding hydrogens is 240 g/mol. The molecule has 0 amide bonds. The molecule has 1 saturated heterocycles. The fourth-order valence-corrected chi connectivity index (χ4v) is 2.84. The van der Waals surface area contributed by atoms with Crippen LogP contribution in [0.4, 0.5) is 5.69 Å². The number of nitrogens with one attached hydrogen (secondary N) is 1. The summed E-state index contributed by atoms with van der Waals surface area (Å²) in [7, 11) is 0. The summed E-state index contributed by atoms with van der Waals surface area (Å²) in [5.74, 6) is 0. The Labute approximate surface area is 115 Å². The Morgan fingerprint density at radius 1 is 1.33 bits per heavy atom. The van der Waals surface area contributed by atoms with Crippen LogP contribution in [-0.2, 0) is 0 Å². The zero-order valence-electron chi connectivity index (χ0n) is 11.5. The topological polar surface area (TPSA) is 15.3 Å². The Balaban J connectivity index is 2.08. The lowest BCUT2D eigenvalue weighted by Crippen LogP contribution is -2.44. The molecule has 1 heterocycles. The van der Waals surface area contributed by atoms with Gasteiger partial charge in [0.25, 0.3) is 0 Å². The molecular formula is C15H22N2S. The van der Waals surface area contributed by atoms with Crippen molar-refractivity contribution in [1.29, 1.82) is 0 Å². The van der Waals surface area contributed by atoms with Crippen molar-refractivity contribution in [3.05, 3.63) is 29.3 Å². The summed E-state index contributed by atoms with van der Waals surface area (Å²) < 4.78 is 0. The molecule has 1 aromatic carbocycles. The fourth-order valence-electron chi connectivity index (χ4n) is 2.46. The predicted octanol–water partition coefficient (Wildman–Crippen LogP) is 3.87. The molecule has 1 aromatic rings. The Morgan fingerprint density at radius 2 is 2.11 bits per heavy atom. The Bertz CT molecular complexity index is 442. The van der Waals surface area contributed by atoms with Crippen LogP contribution in [0.2, 0.25) is 0 Å². The molecule has 18 heavy (non-hydrogen) atoms. The van der Waals surface area contributed by atoms with E-state index in [0.717, 1.165) is 17.3 Å². The number of anilines is 1. The van der Waals surface area contributed by atoms with Crippen molar-refractivity contribution in [3.63, 3.8) is 0 Å². The van der Waals surface area contributed by atoms with Crippen LogP contribution in [-0.4, -0.2) is 22.6 Å². The van der Waals surface area contributed by atoms with E-state index in [-0.39, 0.29) is 0 Å². The van der Waals surface area contributed by atoms with Crippen LogP contribution in [0.25, 0.3) is 0 Å². The highest BCUT2D eigenvalue weighted by Crippen LogP contribution is 2.20. The van der Waals surface area contributed by atoms with Gasteiger partial charge in [-0.1, -0.05) is 12.1 Å². The molecule has 1 N–H and O–H groups in total. The molecule has 3 heteroatoms. The van der Waals surface area contributed by atoms with E-state index in [2.05, 4.69) is 49.2 Å². The van der Waals surface area contributed by atoms with Gasteiger partial charge in [-0.05, 0) is 69.4 Å². The van der Waals surface area contributed by atoms with Gasteiger partial charge in [-0.15, -0.1) is 0 Å². The molecule has 1 aliphatic heterocycles. The van der Waals surface area contributed by atoms with Gasteiger partial charge in [-0.3, -0.25) is 0 Å². The van der Waals surface area contributed by atoms with E-state index in [1.54, 1.807) is 0 Å². The fraction of sp³-hybridized carbons (Fsp3) is 0.533. The molecule has 1 fully saturated rings. The first-order chi connectivity index (χ1) is 8.58. The number of piperidine rings is 1. The van der Waals surface area contributed by atoms with E-state index in [4.69, 9.17) is 12.2 Å². The maximum Gasteiger partial charge on any atom is 0.173 e. The second kappa shape index (κ2) is 5.70. The van der Waals surface area contributed by atoms with Gasteiger partial charge in [0.1, 0.15) is 0 Å². The van der Waals surface area contributed by atoms with Gasteiger partial charge < -0.3 is 10.2 Å². The number of thiocarbonyl (C=S) groups is 1. The average molecular weight is 262 g/mol. The SMILES string of the molecule is Cc1ccc(C)c(NC(=S)N2CCCC[C@H]2C)c1. The molecule has 0 aliphatic carbocycles. The predicted molar refractivity (Wildman–Crippen MR) is 82.2 cm³/mol. The van der Waals surface area contributed by atoms with E-state index in [9.17, 15) is 0 Å². The highest BCUT2D eigenvalue weighted by molar-refractivity contribution is 7.80. The van der Waals surface area contributed by atoms with Crippen LogP contribution < -0.4 is 5.32 Å². The van der Waals surface area contributed by atoms with Crippen LogP contribution in [0, 0.1) is 13.8 Å². The third kappa shape index (κ3) is 3.02. The van der Waals surface area contributed by atoms with Crippen molar-refractivity contribution in [3.8, 4) is 0 Å². The van der Waals surface area contributed by atoms with Crippen molar-refractivity contribution < 1.29 is 0 Å². The van der Waals surface area contributed by atoms with Crippen molar-refractivity contribution in [1.82, 2.24) is 4.90 Å². The molecule has 1 atom stereocenters. The lowest BCUT2D eigenvalue weighted by molar-refractivity contribution is 0.262. The quantitative estimate of drug-likeness (QED) is 0.773. The second-order valence-electron chi connectivity index (χ2n) is 5.29. The van der Waals surface area contributed by atoms with Gasteiger partial charge in [0, 0.05) is 18.3 Å². The Hall–Kier alpha value is -1.09. The van der Waals surface area contributed by atoms with Gasteiger partial charge in [-0.25, -0.2) is 0 Å². The number of hydrogen-bond acceptors (Lipinski definition) is 1. The monoisotopic (exact) mass is 262 g/mol. The van der Waals surface area contributed by atoms with Crippen molar-refractivity contribution in [2.75, 3.05) is 11.9 Å². The van der Waals surface area contributed by atoms with E-state index in [1.807, 2.05) is 0 Å². The summed E-state index contributed by atoms with van der Waals surface area (Å²) >= 11 is 5.55. The van der Waals surface area contributed by atoms with Crippen LogP contribution in [0.3, 0.4) is 0 Å². The van der Waals surface area contributed by atoms with Gasteiger partial charge in [0.2, 0.25) is 0 Å². The van der Waals surface area contributed by atoms with E-state index < -0.39 is 0 Å². The number of likely N-dealkylation sites (tertiary alicyclic amines) is 1. The molecule has 1 aliphatic rings. The number of aryl methyl sites for hydroxylation is 2. The number of rotatable bonds is 1. The molecule has 0 spiro atoms. The molecule has 2 nitrogen and oxygen atoms in total. The van der Waals surface area contributed by atoms with Crippen LogP contribution >= 0.6 is 12.2 Å². The van der Waals surface area contributed by atoms with Crippen molar-refractivity contribution >= 4 is 23.0 Å². The largest absolute Gasteiger partial charge is 0.346 e. The Morgan fingerprint density at radius 3 is 2.83 bits per heavy atom. The van der Waals surface area contributed by atoms with Gasteiger partial charge >= 0.3 is 0 Å². The minimum atomic E-state index is 0.559. The smallest absolute Gasteiger partial charge is 0.173 e. The molecule has 0 unspecified atom stereocenters. The normalized spacial score (nSPS) is 19.7. The summed E-state index contributed by atoms with van der Waals surface area (Å²) in [5.41, 5.74) is 3.64. The third-order valence-electron chi connectivity index (χ3n) is 3.70. The molecule has 0 saturated carbocycles. The number of hydrogen-bond donors (Lipinski definition) is 1. The summed E-state index contributed by atoms with van der Waals surface area (Å²) in [6.45, 7) is 7.56. The van der Waals surface area contributed by atoms with Crippen molar-refractivity contribution in [2.45, 2.75) is 46.1 Å². The maximum atomic E-state index is 5.55. The highest BCUT2D eigenvalue weighted by Gasteiger charge is 2.20. The summed E-state index contributed by atoms with van der Waals surface area (Å²) in [5, 5.41) is 4.28. The number of nitrogens with zero attached hydrogens (tertiary/aromatic N) is 1. The Kier molecular flexibility index (Phi) is 4.23. The summed E-state index contributed by atoms with van der Waals surface area (Å²) in [6.07, 6.45) is 3.82. The number of benzene rings is 1. The van der Waals surface area contributed by atoms with Crippen LogP contribution in [0.15, 0.2) is 18.2 Å². The molecule has 0 radical (unpaired) electrons. The highest BCUT2D eigenvalue weighted by atomic mass is 32.1. The van der Waals surface area contributed by atoms with E-state index in [0.29, 0.717) is 6.04 Å². The molecule has 0 bridgehead atoms. The molecule has 2 rings (SSSR count). The average Bonchev–Trinajstić information content (AvgIpc) is 2.34. The van der Waals surface area contributed by atoms with Gasteiger partial charge in [0.05, 0.1) is 0 Å². The lowest BCUT2D eigenvalue weighted by Gasteiger charge is -2.35. The minimum Gasteiger partial charge on any atom is -0.346 e. The maximum absolute atomic E-state index is 5.55. The first kappa shape index (κ1) is 13.3. The van der Waals surface area contributed by atoms with Crippen molar-refractivity contribution in [2.24, 2.45) is 0 Å². The second-order valence-corrected chi connectivity index (χ2v) is 5.67. The molecule has 98 valence electrons. The zero-order valence-corrected chi connectivity index (χ0v) is 12.3. The first-order valence-corrected chi connectivity index (χ1v) is 7.13. The molecule has 0 aromatic heterocycles. The van der Waals surface area contributed by atoms with Crippen LogP contribution in [0.5, 0.6) is 0 Å². The minimum absolute atomic E-state index is 0.559. The third-order valence-corrected chi connectivity index (χ3v) is 4.04. The summed E-state index contributed by atoms with van der Waals surface area (Å²) in [4.78, 5) is 2.32. The lowest BCUT2D eigenvalue weighted by atomic mass is 10.0. The summed E-state index contributed by atoms with van der Waals surface area (Å²) in [6, 6.07) is 6.99. The van der Waals surface area contributed by atoms with Gasteiger partial charge in [0.15, 0.2) is 5.11 Å². The zero-order chi connectivity index (χ0) is 13.1. The standard InChI is InChI=1S/C15H22N2S/c1-11-7-8-12(2)14(10-11)16-15(18)17-9-5-4-6-13(17)3/h7-8,10,13H,4-6,9H2,1-3H3,(H,16,18)/t13-/m1/s1. The van der Waals surface area contributed by atoms with E-state index >= 15 is 0 Å². The van der Waals surface area contributed by atoms with Gasteiger partial charge in [-0.2, -0.15) is 0 Å². The first-order valence-electron chi connectivity index (χ1n) is 6.73.